The molecule has 1 aromatic heterocycles. The number of pyridine rings is 1. The molecular weight excluding hydrogens is 645 g/mol. The number of nitrogens with one attached hydrogen (secondary N) is 2. The lowest BCUT2D eigenvalue weighted by atomic mass is 9.83. The first kappa shape index (κ1) is 33.0. The summed E-state index contributed by atoms with van der Waals surface area (Å²) in [5.41, 5.74) is 17.4. The van der Waals surface area contributed by atoms with Crippen LogP contribution in [0.4, 0.5) is 5.69 Å². The van der Waals surface area contributed by atoms with Crippen molar-refractivity contribution in [1.82, 2.24) is 4.98 Å². The van der Waals surface area contributed by atoms with Crippen molar-refractivity contribution in [2.45, 2.75) is 0 Å². The normalized spacial score (nSPS) is 12.5. The molecule has 0 saturated carbocycles. The van der Waals surface area contributed by atoms with Gasteiger partial charge in [0.1, 0.15) is 0 Å². The third-order valence-corrected chi connectivity index (χ3v) is 9.56. The number of nitrogen functional groups attached to an aromatic ring is 1. The van der Waals surface area contributed by atoms with Gasteiger partial charge < -0.3 is 5.73 Å². The third kappa shape index (κ3) is 6.94. The molecule has 252 valence electrons. The first-order valence-electron chi connectivity index (χ1n) is 17.6. The Morgan fingerprint density at radius 2 is 0.981 bits per heavy atom. The van der Waals surface area contributed by atoms with Crippen LogP contribution < -0.4 is 5.73 Å². The highest BCUT2D eigenvalue weighted by Gasteiger charge is 2.22. The van der Waals surface area contributed by atoms with E-state index < -0.39 is 0 Å². The predicted molar refractivity (Wildman–Crippen MR) is 224 cm³/mol. The van der Waals surface area contributed by atoms with Gasteiger partial charge in [-0.05, 0) is 121 Å². The number of hydrogen-bond donors (Lipinski definition) is 3. The summed E-state index contributed by atoms with van der Waals surface area (Å²) in [6.07, 6.45) is 7.53. The molecule has 0 aliphatic heterocycles. The number of allylic oxidation sites excluding steroid dienone is 4. The van der Waals surface area contributed by atoms with Gasteiger partial charge in [-0.3, -0.25) is 15.8 Å². The zero-order chi connectivity index (χ0) is 36.1. The number of rotatable bonds is 5. The summed E-state index contributed by atoms with van der Waals surface area (Å²) >= 11 is 0. The summed E-state index contributed by atoms with van der Waals surface area (Å²) in [7, 11) is 0. The standard InChI is InChI=1S/C38H26N2.C11H10N2/c39-37-24-31(34-21-29(25-11-3-1-4-12-25)19-27-15-7-9-17-32(27)34)23-36(38(37)40)35-22-30(26-13-5-2-6-14-26)20-28-16-8-10-18-33(28)35;12-11-5-1-3-9(7-11)10-4-2-6-13-8-10/h1-24,39-40H;1-8H,12H2. The Balaban J connectivity index is 0.000000259. The zero-order valence-electron chi connectivity index (χ0n) is 29.0. The van der Waals surface area contributed by atoms with Crippen LogP contribution >= 0.6 is 0 Å². The van der Waals surface area contributed by atoms with Crippen molar-refractivity contribution >= 4 is 49.8 Å². The largest absolute Gasteiger partial charge is 0.399 e. The van der Waals surface area contributed by atoms with Gasteiger partial charge in [0, 0.05) is 29.2 Å². The summed E-state index contributed by atoms with van der Waals surface area (Å²) in [5.74, 6) is 0. The van der Waals surface area contributed by atoms with E-state index >= 15 is 0 Å². The molecule has 9 rings (SSSR count). The lowest BCUT2D eigenvalue weighted by Gasteiger charge is -2.20. The van der Waals surface area contributed by atoms with Crippen molar-refractivity contribution in [3.8, 4) is 33.4 Å². The van der Waals surface area contributed by atoms with Gasteiger partial charge >= 0.3 is 0 Å². The highest BCUT2D eigenvalue weighted by atomic mass is 14.6. The second kappa shape index (κ2) is 14.6. The number of nitrogens with zero attached hydrogens (tertiary/aromatic N) is 1. The first-order valence-corrected chi connectivity index (χ1v) is 17.6. The maximum absolute atomic E-state index is 8.99. The van der Waals surface area contributed by atoms with Crippen molar-refractivity contribution in [1.29, 1.82) is 10.8 Å². The third-order valence-electron chi connectivity index (χ3n) is 9.56. The maximum atomic E-state index is 8.99. The summed E-state index contributed by atoms with van der Waals surface area (Å²) in [5, 5.41) is 22.3. The number of nitrogens with two attached hydrogens (primary N) is 1. The van der Waals surface area contributed by atoms with Crippen molar-refractivity contribution in [2.24, 2.45) is 0 Å². The molecule has 0 saturated heterocycles. The molecule has 53 heavy (non-hydrogen) atoms. The van der Waals surface area contributed by atoms with Crippen LogP contribution in [0.5, 0.6) is 0 Å². The van der Waals surface area contributed by atoms with Gasteiger partial charge in [0.05, 0.1) is 11.4 Å². The van der Waals surface area contributed by atoms with Crippen molar-refractivity contribution in [3.05, 3.63) is 206 Å². The average molecular weight is 681 g/mol. The quantitative estimate of drug-likeness (QED) is 0.125. The fourth-order valence-corrected chi connectivity index (χ4v) is 6.94. The van der Waals surface area contributed by atoms with E-state index in [1.54, 1.807) is 6.20 Å². The Bertz CT molecular complexity index is 2690. The van der Waals surface area contributed by atoms with Gasteiger partial charge in [0.25, 0.3) is 0 Å². The second-order valence-electron chi connectivity index (χ2n) is 13.0. The number of hydrogen-bond acceptors (Lipinski definition) is 4. The molecule has 8 aromatic rings. The molecule has 4 N–H and O–H groups in total. The number of benzene rings is 7. The SMILES string of the molecule is N=C1C=C(c2cc(-c3ccccc3)cc3ccccc23)C=C(c2cc(-c3ccccc3)cc3ccccc23)C1=N.Nc1cccc(-c2cccnc2)c1. The molecule has 4 nitrogen and oxygen atoms in total. The molecule has 1 aliphatic carbocycles. The Morgan fingerprint density at radius 3 is 1.58 bits per heavy atom. The fourth-order valence-electron chi connectivity index (χ4n) is 6.94. The molecule has 0 spiro atoms. The van der Waals surface area contributed by atoms with E-state index in [0.717, 1.165) is 82.9 Å². The van der Waals surface area contributed by atoms with E-state index in [2.05, 4.69) is 114 Å². The molecule has 0 unspecified atom stereocenters. The van der Waals surface area contributed by atoms with Crippen molar-refractivity contribution in [3.63, 3.8) is 0 Å². The Hall–Kier alpha value is -7.17. The fraction of sp³-hybridized carbons (Fsp3) is 0. The Morgan fingerprint density at radius 1 is 0.434 bits per heavy atom. The van der Waals surface area contributed by atoms with Crippen LogP contribution in [0, 0.1) is 10.8 Å². The molecule has 4 heteroatoms. The number of fused-ring (bicyclic) bond motifs is 2. The molecule has 1 aliphatic rings. The lowest BCUT2D eigenvalue weighted by molar-refractivity contribution is 1.33. The maximum Gasteiger partial charge on any atom is 0.0868 e. The topological polar surface area (TPSA) is 86.6 Å². The minimum absolute atomic E-state index is 0.218. The first-order chi connectivity index (χ1) is 26.0. The van der Waals surface area contributed by atoms with E-state index in [1.807, 2.05) is 79.0 Å². The van der Waals surface area contributed by atoms with Crippen LogP contribution in [0.25, 0.3) is 66.1 Å². The highest BCUT2D eigenvalue weighted by Crippen LogP contribution is 2.38. The molecule has 0 atom stereocenters. The van der Waals surface area contributed by atoms with Crippen LogP contribution in [0.15, 0.2) is 194 Å². The Kier molecular flexibility index (Phi) is 9.08. The van der Waals surface area contributed by atoms with Gasteiger partial charge in [-0.2, -0.15) is 0 Å². The summed E-state index contributed by atoms with van der Waals surface area (Å²) in [6, 6.07) is 58.0. The summed E-state index contributed by atoms with van der Waals surface area (Å²) < 4.78 is 0. The average Bonchev–Trinajstić information content (AvgIpc) is 3.22. The van der Waals surface area contributed by atoms with Gasteiger partial charge in [0.2, 0.25) is 0 Å². The molecule has 0 amide bonds. The summed E-state index contributed by atoms with van der Waals surface area (Å²) in [4.78, 5) is 4.05. The van der Waals surface area contributed by atoms with Gasteiger partial charge in [-0.1, -0.05) is 127 Å². The second-order valence-corrected chi connectivity index (χ2v) is 13.0. The van der Waals surface area contributed by atoms with E-state index in [4.69, 9.17) is 16.6 Å². The lowest BCUT2D eigenvalue weighted by Crippen LogP contribution is -2.16. The minimum Gasteiger partial charge on any atom is -0.399 e. The van der Waals surface area contributed by atoms with Gasteiger partial charge in [0.15, 0.2) is 0 Å². The van der Waals surface area contributed by atoms with Crippen LogP contribution in [0.2, 0.25) is 0 Å². The van der Waals surface area contributed by atoms with Crippen LogP contribution in [0.1, 0.15) is 11.1 Å². The smallest absolute Gasteiger partial charge is 0.0868 e. The number of anilines is 1. The number of aromatic nitrogens is 1. The molecule has 0 bridgehead atoms. The highest BCUT2D eigenvalue weighted by molar-refractivity contribution is 6.62. The monoisotopic (exact) mass is 680 g/mol. The minimum atomic E-state index is 0.218. The molecule has 1 heterocycles. The van der Waals surface area contributed by atoms with Crippen molar-refractivity contribution in [2.75, 3.05) is 5.73 Å². The van der Waals surface area contributed by atoms with E-state index in [0.29, 0.717) is 0 Å². The predicted octanol–water partition coefficient (Wildman–Crippen LogP) is 12.2. The van der Waals surface area contributed by atoms with E-state index in [9.17, 15) is 0 Å². The molecule has 7 aromatic carbocycles. The van der Waals surface area contributed by atoms with Gasteiger partial charge in [-0.15, -0.1) is 0 Å². The zero-order valence-corrected chi connectivity index (χ0v) is 29.0. The van der Waals surface area contributed by atoms with E-state index in [1.165, 1.54) is 0 Å². The Labute approximate surface area is 309 Å². The molecular formula is C49H36N4. The van der Waals surface area contributed by atoms with Crippen molar-refractivity contribution < 1.29 is 0 Å². The summed E-state index contributed by atoms with van der Waals surface area (Å²) in [6.45, 7) is 0. The molecule has 0 radical (unpaired) electrons. The molecule has 0 fully saturated rings. The van der Waals surface area contributed by atoms with Crippen LogP contribution in [-0.2, 0) is 0 Å². The van der Waals surface area contributed by atoms with Gasteiger partial charge in [-0.25, -0.2) is 0 Å². The van der Waals surface area contributed by atoms with E-state index in [-0.39, 0.29) is 11.4 Å². The van der Waals surface area contributed by atoms with Crippen LogP contribution in [-0.4, -0.2) is 16.4 Å². The van der Waals surface area contributed by atoms with Crippen LogP contribution in [0.3, 0.4) is 0 Å².